The first kappa shape index (κ1) is 21.1. The molecule has 0 radical (unpaired) electrons. The van der Waals surface area contributed by atoms with E-state index in [1.165, 1.54) is 11.1 Å². The highest BCUT2D eigenvalue weighted by Gasteiger charge is 1.98. The van der Waals surface area contributed by atoms with E-state index in [9.17, 15) is 10.2 Å². The van der Waals surface area contributed by atoms with Crippen molar-refractivity contribution in [1.29, 1.82) is 0 Å². The predicted octanol–water partition coefficient (Wildman–Crippen LogP) is 6.38. The highest BCUT2D eigenvalue weighted by molar-refractivity contribution is 5.82. The molecule has 0 spiro atoms. The quantitative estimate of drug-likeness (QED) is 0.341. The third-order valence-corrected chi connectivity index (χ3v) is 5.09. The lowest BCUT2D eigenvalue weighted by Gasteiger charge is -2.04. The van der Waals surface area contributed by atoms with Gasteiger partial charge in [0.25, 0.3) is 0 Å². The number of nitrogens with zero attached hydrogens (tertiary/aromatic N) is 2. The second kappa shape index (κ2) is 10.2. The highest BCUT2D eigenvalue weighted by atomic mass is 16.3. The van der Waals surface area contributed by atoms with Gasteiger partial charge in [-0.1, -0.05) is 24.3 Å². The SMILES string of the molecule is Oc1ccc(C=Nc2ccc(CCc3ccc(N=Cc4ccc(O)cc4)cc3)cc2)cc1. The molecule has 158 valence electrons. The maximum absolute atomic E-state index is 9.34. The molecule has 0 saturated carbocycles. The van der Waals surface area contributed by atoms with Crippen LogP contribution in [0.1, 0.15) is 22.3 Å². The molecule has 32 heavy (non-hydrogen) atoms. The summed E-state index contributed by atoms with van der Waals surface area (Å²) in [6.45, 7) is 0. The largest absolute Gasteiger partial charge is 0.508 e. The van der Waals surface area contributed by atoms with Crippen molar-refractivity contribution in [3.8, 4) is 11.5 Å². The lowest BCUT2D eigenvalue weighted by atomic mass is 10.0. The molecule has 0 aromatic heterocycles. The molecule has 4 nitrogen and oxygen atoms in total. The van der Waals surface area contributed by atoms with Crippen LogP contribution in [0.25, 0.3) is 0 Å². The van der Waals surface area contributed by atoms with Crippen molar-refractivity contribution in [3.05, 3.63) is 119 Å². The van der Waals surface area contributed by atoms with Crippen molar-refractivity contribution in [3.63, 3.8) is 0 Å². The average Bonchev–Trinajstić information content (AvgIpc) is 2.83. The molecule has 2 N–H and O–H groups in total. The molecule has 0 aliphatic carbocycles. The van der Waals surface area contributed by atoms with Crippen LogP contribution in [0.4, 0.5) is 11.4 Å². The Bertz CT molecular complexity index is 1090. The Morgan fingerprint density at radius 3 is 1.16 bits per heavy atom. The van der Waals surface area contributed by atoms with Gasteiger partial charge < -0.3 is 10.2 Å². The molecular formula is C28H24N2O2. The fourth-order valence-corrected chi connectivity index (χ4v) is 3.20. The molecule has 0 saturated heterocycles. The number of hydrogen-bond donors (Lipinski definition) is 2. The molecular weight excluding hydrogens is 396 g/mol. The summed E-state index contributed by atoms with van der Waals surface area (Å²) >= 11 is 0. The normalized spacial score (nSPS) is 11.4. The lowest BCUT2D eigenvalue weighted by Crippen LogP contribution is -1.90. The van der Waals surface area contributed by atoms with E-state index in [0.717, 1.165) is 35.3 Å². The van der Waals surface area contributed by atoms with E-state index in [-0.39, 0.29) is 11.5 Å². The second-order valence-corrected chi connectivity index (χ2v) is 7.53. The molecule has 4 rings (SSSR count). The van der Waals surface area contributed by atoms with E-state index in [2.05, 4.69) is 34.3 Å². The smallest absolute Gasteiger partial charge is 0.115 e. The summed E-state index contributed by atoms with van der Waals surface area (Å²) in [4.78, 5) is 8.97. The average molecular weight is 421 g/mol. The molecule has 0 atom stereocenters. The Labute approximate surface area is 187 Å². The summed E-state index contributed by atoms with van der Waals surface area (Å²) in [5.74, 6) is 0.505. The van der Waals surface area contributed by atoms with Crippen LogP contribution >= 0.6 is 0 Å². The number of aliphatic imine (C=N–C) groups is 2. The minimum Gasteiger partial charge on any atom is -0.508 e. The zero-order valence-corrected chi connectivity index (χ0v) is 17.6. The van der Waals surface area contributed by atoms with E-state index >= 15 is 0 Å². The monoisotopic (exact) mass is 420 g/mol. The standard InChI is InChI=1S/C28H24N2O2/c31-27-15-7-23(8-16-27)19-29-25-11-3-21(4-12-25)1-2-22-5-13-26(14-6-22)30-20-24-9-17-28(32)18-10-24/h3-20,31-32H,1-2H2. The van der Waals surface area contributed by atoms with Crippen LogP contribution in [-0.2, 0) is 12.8 Å². The summed E-state index contributed by atoms with van der Waals surface area (Å²) in [5.41, 5.74) is 6.23. The minimum atomic E-state index is 0.253. The minimum absolute atomic E-state index is 0.253. The van der Waals surface area contributed by atoms with Gasteiger partial charge in [-0.3, -0.25) is 9.98 Å². The van der Waals surface area contributed by atoms with Crippen LogP contribution in [0.2, 0.25) is 0 Å². The highest BCUT2D eigenvalue weighted by Crippen LogP contribution is 2.18. The number of phenolic OH excluding ortho intramolecular Hbond substituents is 2. The summed E-state index contributed by atoms with van der Waals surface area (Å²) in [5, 5.41) is 18.7. The first-order valence-electron chi connectivity index (χ1n) is 10.5. The van der Waals surface area contributed by atoms with Gasteiger partial charge in [-0.2, -0.15) is 0 Å². The van der Waals surface area contributed by atoms with Crippen LogP contribution < -0.4 is 0 Å². The van der Waals surface area contributed by atoms with Gasteiger partial charge in [0.2, 0.25) is 0 Å². The Kier molecular flexibility index (Phi) is 6.73. The molecule has 4 heteroatoms. The van der Waals surface area contributed by atoms with E-state index < -0.39 is 0 Å². The first-order valence-corrected chi connectivity index (χ1v) is 10.5. The molecule has 0 bridgehead atoms. The van der Waals surface area contributed by atoms with Crippen LogP contribution in [0, 0.1) is 0 Å². The maximum atomic E-state index is 9.34. The van der Waals surface area contributed by atoms with Crippen molar-refractivity contribution < 1.29 is 10.2 Å². The molecule has 4 aromatic carbocycles. The Hall–Kier alpha value is -4.18. The van der Waals surface area contributed by atoms with E-state index in [1.807, 2.05) is 48.5 Å². The molecule has 0 amide bonds. The Morgan fingerprint density at radius 2 is 0.812 bits per heavy atom. The van der Waals surface area contributed by atoms with Gasteiger partial charge in [-0.05, 0) is 108 Å². The Balaban J connectivity index is 1.29. The Morgan fingerprint density at radius 1 is 0.469 bits per heavy atom. The van der Waals surface area contributed by atoms with Gasteiger partial charge in [-0.25, -0.2) is 0 Å². The molecule has 0 unspecified atom stereocenters. The summed E-state index contributed by atoms with van der Waals surface area (Å²) < 4.78 is 0. The zero-order valence-electron chi connectivity index (χ0n) is 17.6. The molecule has 0 aliphatic heterocycles. The first-order chi connectivity index (χ1) is 15.6. The van der Waals surface area contributed by atoms with Gasteiger partial charge in [0.15, 0.2) is 0 Å². The topological polar surface area (TPSA) is 65.2 Å². The summed E-state index contributed by atoms with van der Waals surface area (Å²) in [6.07, 6.45) is 5.50. The van der Waals surface area contributed by atoms with Gasteiger partial charge in [0, 0.05) is 12.4 Å². The van der Waals surface area contributed by atoms with Gasteiger partial charge >= 0.3 is 0 Å². The molecule has 0 heterocycles. The van der Waals surface area contributed by atoms with E-state index in [0.29, 0.717) is 0 Å². The van der Waals surface area contributed by atoms with E-state index in [1.54, 1.807) is 36.7 Å². The van der Waals surface area contributed by atoms with Crippen molar-refractivity contribution in [2.24, 2.45) is 9.98 Å². The number of aromatic hydroxyl groups is 2. The van der Waals surface area contributed by atoms with Crippen LogP contribution in [0.15, 0.2) is 107 Å². The second-order valence-electron chi connectivity index (χ2n) is 7.53. The van der Waals surface area contributed by atoms with Gasteiger partial charge in [0.05, 0.1) is 11.4 Å². The van der Waals surface area contributed by atoms with Crippen molar-refractivity contribution in [2.45, 2.75) is 12.8 Å². The fourth-order valence-electron chi connectivity index (χ4n) is 3.20. The van der Waals surface area contributed by atoms with Crippen LogP contribution in [0.3, 0.4) is 0 Å². The van der Waals surface area contributed by atoms with Gasteiger partial charge in [0.1, 0.15) is 11.5 Å². The number of rotatable bonds is 7. The van der Waals surface area contributed by atoms with Crippen LogP contribution in [-0.4, -0.2) is 22.6 Å². The van der Waals surface area contributed by atoms with Crippen molar-refractivity contribution in [2.75, 3.05) is 0 Å². The van der Waals surface area contributed by atoms with Gasteiger partial charge in [-0.15, -0.1) is 0 Å². The maximum Gasteiger partial charge on any atom is 0.115 e. The molecule has 0 fully saturated rings. The summed E-state index contributed by atoms with van der Waals surface area (Å²) in [7, 11) is 0. The van der Waals surface area contributed by atoms with E-state index in [4.69, 9.17) is 0 Å². The number of aryl methyl sites for hydroxylation is 2. The number of phenols is 2. The summed E-state index contributed by atoms with van der Waals surface area (Å²) in [6, 6.07) is 30.5. The lowest BCUT2D eigenvalue weighted by molar-refractivity contribution is 0.475. The van der Waals surface area contributed by atoms with Crippen molar-refractivity contribution >= 4 is 23.8 Å². The molecule has 0 aliphatic rings. The van der Waals surface area contributed by atoms with Crippen molar-refractivity contribution in [1.82, 2.24) is 0 Å². The third-order valence-electron chi connectivity index (χ3n) is 5.09. The fraction of sp³-hybridized carbons (Fsp3) is 0.0714. The number of benzene rings is 4. The third kappa shape index (κ3) is 6.16. The van der Waals surface area contributed by atoms with Crippen LogP contribution in [0.5, 0.6) is 11.5 Å². The molecule has 4 aromatic rings. The predicted molar refractivity (Wildman–Crippen MR) is 131 cm³/mol. The zero-order chi connectivity index (χ0) is 22.2. The number of hydrogen-bond acceptors (Lipinski definition) is 4.